The quantitative estimate of drug-likeness (QED) is 0.733. The van der Waals surface area contributed by atoms with Gasteiger partial charge >= 0.3 is 0 Å². The summed E-state index contributed by atoms with van der Waals surface area (Å²) < 4.78 is 26.6. The Bertz CT molecular complexity index is 756. The second-order valence-corrected chi connectivity index (χ2v) is 10.0. The third-order valence-electron chi connectivity index (χ3n) is 6.43. The van der Waals surface area contributed by atoms with Gasteiger partial charge in [-0.2, -0.15) is 4.31 Å². The minimum absolute atomic E-state index is 0.111. The maximum Gasteiger partial charge on any atom is 0.243 e. The molecule has 150 valence electrons. The summed E-state index contributed by atoms with van der Waals surface area (Å²) in [5, 5.41) is 3.09. The van der Waals surface area contributed by atoms with Crippen LogP contribution in [-0.4, -0.2) is 31.7 Å². The van der Waals surface area contributed by atoms with Gasteiger partial charge in [0, 0.05) is 19.5 Å². The predicted octanol–water partition coefficient (Wildman–Crippen LogP) is 3.72. The smallest absolute Gasteiger partial charge is 0.243 e. The van der Waals surface area contributed by atoms with Crippen molar-refractivity contribution >= 4 is 15.9 Å². The van der Waals surface area contributed by atoms with Gasteiger partial charge in [0.15, 0.2) is 0 Å². The van der Waals surface area contributed by atoms with Crippen LogP contribution in [0.3, 0.4) is 0 Å². The first-order valence-corrected chi connectivity index (χ1v) is 11.7. The van der Waals surface area contributed by atoms with Crippen LogP contribution >= 0.6 is 0 Å². The Kier molecular flexibility index (Phi) is 6.26. The molecule has 1 amide bonds. The molecule has 0 aliphatic heterocycles. The second kappa shape index (κ2) is 8.31. The predicted molar refractivity (Wildman–Crippen MR) is 107 cm³/mol. The number of carbonyl (C=O) groups is 1. The zero-order chi connectivity index (χ0) is 19.6. The van der Waals surface area contributed by atoms with Crippen LogP contribution in [0.15, 0.2) is 29.2 Å². The highest BCUT2D eigenvalue weighted by molar-refractivity contribution is 7.89. The normalized spacial score (nSPS) is 25.7. The molecule has 1 N–H and O–H groups in total. The lowest BCUT2D eigenvalue weighted by Crippen LogP contribution is -2.31. The van der Waals surface area contributed by atoms with E-state index in [0.29, 0.717) is 30.3 Å². The monoisotopic (exact) mass is 392 g/mol. The van der Waals surface area contributed by atoms with E-state index in [9.17, 15) is 13.2 Å². The van der Waals surface area contributed by atoms with E-state index in [1.165, 1.54) is 30.0 Å². The molecule has 0 aromatic heterocycles. The third-order valence-corrected chi connectivity index (χ3v) is 8.50. The molecule has 2 saturated carbocycles. The highest BCUT2D eigenvalue weighted by Crippen LogP contribution is 2.49. The Balaban J connectivity index is 1.58. The first-order chi connectivity index (χ1) is 12.8. The lowest BCUT2D eigenvalue weighted by molar-refractivity contribution is -0.123. The van der Waals surface area contributed by atoms with E-state index in [1.807, 2.05) is 20.8 Å². The number of benzene rings is 1. The topological polar surface area (TPSA) is 66.5 Å². The Labute approximate surface area is 163 Å². The number of amides is 1. The Morgan fingerprint density at radius 2 is 1.81 bits per heavy atom. The van der Waals surface area contributed by atoms with E-state index in [2.05, 4.69) is 5.32 Å². The molecule has 0 saturated heterocycles. The molecule has 0 spiro atoms. The maximum atomic E-state index is 12.6. The van der Waals surface area contributed by atoms with Crippen molar-refractivity contribution in [2.75, 3.05) is 13.1 Å². The summed E-state index contributed by atoms with van der Waals surface area (Å²) in [7, 11) is -3.44. The summed E-state index contributed by atoms with van der Waals surface area (Å²) >= 11 is 0. The number of carbonyl (C=O) groups excluding carboxylic acids is 1. The van der Waals surface area contributed by atoms with E-state index in [4.69, 9.17) is 0 Å². The Hall–Kier alpha value is -1.40. The fraction of sp³-hybridized carbons (Fsp3) is 0.667. The van der Waals surface area contributed by atoms with Gasteiger partial charge in [-0.05, 0) is 61.6 Å². The average molecular weight is 393 g/mol. The largest absolute Gasteiger partial charge is 0.350 e. The molecule has 2 bridgehead atoms. The van der Waals surface area contributed by atoms with Crippen LogP contribution in [0.4, 0.5) is 0 Å². The molecule has 1 aromatic carbocycles. The lowest BCUT2D eigenvalue weighted by atomic mass is 9.86. The second-order valence-electron chi connectivity index (χ2n) is 8.09. The highest BCUT2D eigenvalue weighted by Gasteiger charge is 2.40. The van der Waals surface area contributed by atoms with Gasteiger partial charge in [-0.1, -0.05) is 32.4 Å². The minimum Gasteiger partial charge on any atom is -0.350 e. The molecule has 0 unspecified atom stereocenters. The fourth-order valence-electron chi connectivity index (χ4n) is 4.89. The first kappa shape index (κ1) is 20.3. The molecule has 27 heavy (non-hydrogen) atoms. The van der Waals surface area contributed by atoms with Crippen LogP contribution in [0.25, 0.3) is 0 Å². The highest BCUT2D eigenvalue weighted by atomic mass is 32.2. The van der Waals surface area contributed by atoms with Gasteiger partial charge in [0.2, 0.25) is 15.9 Å². The number of nitrogens with one attached hydrogen (secondary N) is 1. The fourth-order valence-corrected chi connectivity index (χ4v) is 6.35. The summed E-state index contributed by atoms with van der Waals surface area (Å²) in [5.41, 5.74) is 0.926. The van der Waals surface area contributed by atoms with Crippen LogP contribution in [-0.2, 0) is 14.8 Å². The first-order valence-electron chi connectivity index (χ1n) is 10.2. The lowest BCUT2D eigenvalue weighted by Gasteiger charge is -2.22. The summed E-state index contributed by atoms with van der Waals surface area (Å²) in [6.45, 7) is 6.53. The van der Waals surface area contributed by atoms with Crippen molar-refractivity contribution in [1.82, 2.24) is 9.62 Å². The number of nitrogens with zero attached hydrogens (tertiary/aromatic N) is 1. The zero-order valence-electron chi connectivity index (χ0n) is 16.6. The molecule has 2 aliphatic carbocycles. The van der Waals surface area contributed by atoms with Crippen molar-refractivity contribution < 1.29 is 13.2 Å². The van der Waals surface area contributed by atoms with Crippen molar-refractivity contribution in [3.63, 3.8) is 0 Å². The van der Waals surface area contributed by atoms with Crippen LogP contribution in [0, 0.1) is 17.8 Å². The molecule has 6 heteroatoms. The standard InChI is InChI=1S/C21H32N2O3S/c1-4-23(5-2)27(25,26)20-10-8-17(9-11-20)15(3)22-21(24)14-19-13-16-6-7-18(19)12-16/h8-11,15-16,18-19H,4-7,12-14H2,1-3H3,(H,22,24)/t15-,16-,18-,19-/m0/s1. The molecule has 0 radical (unpaired) electrons. The van der Waals surface area contributed by atoms with E-state index in [0.717, 1.165) is 17.4 Å². The van der Waals surface area contributed by atoms with E-state index >= 15 is 0 Å². The maximum absolute atomic E-state index is 12.6. The summed E-state index contributed by atoms with van der Waals surface area (Å²) in [4.78, 5) is 12.7. The van der Waals surface area contributed by atoms with Crippen LogP contribution in [0.1, 0.15) is 64.5 Å². The van der Waals surface area contributed by atoms with Gasteiger partial charge in [0.25, 0.3) is 0 Å². The molecule has 2 fully saturated rings. The minimum atomic E-state index is -3.44. The number of fused-ring (bicyclic) bond motifs is 2. The van der Waals surface area contributed by atoms with Crippen molar-refractivity contribution in [3.05, 3.63) is 29.8 Å². The number of rotatable bonds is 8. The van der Waals surface area contributed by atoms with Gasteiger partial charge in [-0.15, -0.1) is 0 Å². The number of hydrogen-bond acceptors (Lipinski definition) is 3. The van der Waals surface area contributed by atoms with Gasteiger partial charge in [0.1, 0.15) is 0 Å². The number of sulfonamides is 1. The molecular weight excluding hydrogens is 360 g/mol. The molecular formula is C21H32N2O3S. The van der Waals surface area contributed by atoms with Crippen LogP contribution in [0.5, 0.6) is 0 Å². The summed E-state index contributed by atoms with van der Waals surface area (Å²) in [6, 6.07) is 6.77. The summed E-state index contributed by atoms with van der Waals surface area (Å²) in [6.07, 6.45) is 5.79. The van der Waals surface area contributed by atoms with E-state index in [1.54, 1.807) is 24.3 Å². The molecule has 4 atom stereocenters. The van der Waals surface area contributed by atoms with Gasteiger partial charge < -0.3 is 5.32 Å². The summed E-state index contributed by atoms with van der Waals surface area (Å²) in [5.74, 6) is 2.27. The molecule has 5 nitrogen and oxygen atoms in total. The third kappa shape index (κ3) is 4.37. The van der Waals surface area contributed by atoms with Crippen molar-refractivity contribution in [2.45, 2.75) is 63.8 Å². The van der Waals surface area contributed by atoms with Gasteiger partial charge in [-0.25, -0.2) is 8.42 Å². The Morgan fingerprint density at radius 1 is 1.15 bits per heavy atom. The molecule has 3 rings (SSSR count). The van der Waals surface area contributed by atoms with Gasteiger partial charge in [0.05, 0.1) is 10.9 Å². The van der Waals surface area contributed by atoms with Gasteiger partial charge in [-0.3, -0.25) is 4.79 Å². The molecule has 0 heterocycles. The van der Waals surface area contributed by atoms with E-state index in [-0.39, 0.29) is 11.9 Å². The van der Waals surface area contributed by atoms with Crippen LogP contribution in [0.2, 0.25) is 0 Å². The van der Waals surface area contributed by atoms with Crippen molar-refractivity contribution in [3.8, 4) is 0 Å². The van der Waals surface area contributed by atoms with Crippen molar-refractivity contribution in [1.29, 1.82) is 0 Å². The zero-order valence-corrected chi connectivity index (χ0v) is 17.5. The Morgan fingerprint density at radius 3 is 2.33 bits per heavy atom. The molecule has 1 aromatic rings. The van der Waals surface area contributed by atoms with Crippen molar-refractivity contribution in [2.24, 2.45) is 17.8 Å². The average Bonchev–Trinajstić information content (AvgIpc) is 3.25. The number of hydrogen-bond donors (Lipinski definition) is 1. The SMILES string of the molecule is CCN(CC)S(=O)(=O)c1ccc([C@H](C)NC(=O)C[C@@H]2C[C@H]3CC[C@H]2C3)cc1. The molecule has 2 aliphatic rings. The van der Waals surface area contributed by atoms with Crippen LogP contribution < -0.4 is 5.32 Å². The van der Waals surface area contributed by atoms with E-state index < -0.39 is 10.0 Å².